The number of amides is 1. The van der Waals surface area contributed by atoms with Crippen LogP contribution in [-0.4, -0.2) is 54.6 Å². The van der Waals surface area contributed by atoms with Gasteiger partial charge in [-0.1, -0.05) is 26.0 Å². The molecule has 1 unspecified atom stereocenters. The van der Waals surface area contributed by atoms with E-state index in [1.54, 1.807) is 12.1 Å². The van der Waals surface area contributed by atoms with Crippen LogP contribution in [0.5, 0.6) is 0 Å². The van der Waals surface area contributed by atoms with E-state index in [0.717, 1.165) is 13.1 Å². The van der Waals surface area contributed by atoms with E-state index >= 15 is 0 Å². The van der Waals surface area contributed by atoms with Crippen LogP contribution in [0.1, 0.15) is 24.2 Å². The van der Waals surface area contributed by atoms with Crippen LogP contribution in [0, 0.1) is 16.0 Å². The number of para-hydroxylation sites is 1. The zero-order valence-electron chi connectivity index (χ0n) is 13.5. The summed E-state index contributed by atoms with van der Waals surface area (Å²) in [7, 11) is 0. The Hall–Kier alpha value is -1.99. The SMILES string of the molecule is CC(C)C(CNC(=O)c1ccccc1[N+](=O)[O-])N1CCOCC1. The molecule has 1 aromatic rings. The molecule has 0 aliphatic carbocycles. The second kappa shape index (κ2) is 8.03. The van der Waals surface area contributed by atoms with Gasteiger partial charge in [0, 0.05) is 31.7 Å². The number of carbonyl (C=O) groups excluding carboxylic acids is 1. The first-order chi connectivity index (χ1) is 11.0. The smallest absolute Gasteiger partial charge is 0.282 e. The van der Waals surface area contributed by atoms with Gasteiger partial charge in [-0.25, -0.2) is 0 Å². The lowest BCUT2D eigenvalue weighted by molar-refractivity contribution is -0.385. The summed E-state index contributed by atoms with van der Waals surface area (Å²) in [4.78, 5) is 25.1. The molecule has 126 valence electrons. The maximum absolute atomic E-state index is 12.3. The van der Waals surface area contributed by atoms with Gasteiger partial charge in [0.05, 0.1) is 18.1 Å². The van der Waals surface area contributed by atoms with E-state index in [-0.39, 0.29) is 17.3 Å². The fourth-order valence-electron chi connectivity index (χ4n) is 2.81. The molecule has 0 bridgehead atoms. The summed E-state index contributed by atoms with van der Waals surface area (Å²) in [6.45, 7) is 7.74. The summed E-state index contributed by atoms with van der Waals surface area (Å²) >= 11 is 0. The number of nitrogens with one attached hydrogen (secondary N) is 1. The predicted molar refractivity (Wildman–Crippen MR) is 86.4 cm³/mol. The summed E-state index contributed by atoms with van der Waals surface area (Å²) in [5, 5.41) is 13.9. The van der Waals surface area contributed by atoms with Crippen LogP contribution in [-0.2, 0) is 4.74 Å². The molecule has 1 saturated heterocycles. The van der Waals surface area contributed by atoms with E-state index in [9.17, 15) is 14.9 Å². The highest BCUT2D eigenvalue weighted by Crippen LogP contribution is 2.18. The van der Waals surface area contributed by atoms with Crippen molar-refractivity contribution in [3.8, 4) is 0 Å². The van der Waals surface area contributed by atoms with Crippen molar-refractivity contribution >= 4 is 11.6 Å². The summed E-state index contributed by atoms with van der Waals surface area (Å²) in [5.74, 6) is -0.0460. The summed E-state index contributed by atoms with van der Waals surface area (Å²) in [6.07, 6.45) is 0. The molecule has 2 rings (SSSR count). The molecule has 1 fully saturated rings. The first kappa shape index (κ1) is 17.4. The third-order valence-electron chi connectivity index (χ3n) is 4.10. The van der Waals surface area contributed by atoms with E-state index in [1.807, 2.05) is 0 Å². The third kappa shape index (κ3) is 4.49. The van der Waals surface area contributed by atoms with Crippen LogP contribution >= 0.6 is 0 Å². The zero-order valence-corrected chi connectivity index (χ0v) is 13.5. The van der Waals surface area contributed by atoms with E-state index in [1.165, 1.54) is 12.1 Å². The van der Waals surface area contributed by atoms with E-state index < -0.39 is 10.8 Å². The lowest BCUT2D eigenvalue weighted by Crippen LogP contribution is -2.51. The molecular weight excluding hydrogens is 298 g/mol. The van der Waals surface area contributed by atoms with Crippen molar-refractivity contribution in [2.75, 3.05) is 32.8 Å². The van der Waals surface area contributed by atoms with Crippen LogP contribution in [0.2, 0.25) is 0 Å². The highest BCUT2D eigenvalue weighted by molar-refractivity contribution is 5.98. The maximum atomic E-state index is 12.3. The van der Waals surface area contributed by atoms with Crippen LogP contribution < -0.4 is 5.32 Å². The standard InChI is InChI=1S/C16H23N3O4/c1-12(2)15(18-7-9-23-10-8-18)11-17-16(20)13-5-3-4-6-14(13)19(21)22/h3-6,12,15H,7-11H2,1-2H3,(H,17,20). The van der Waals surface area contributed by atoms with Crippen LogP contribution in [0.25, 0.3) is 0 Å². The Morgan fingerprint density at radius 1 is 1.35 bits per heavy atom. The lowest BCUT2D eigenvalue weighted by atomic mass is 10.0. The number of benzene rings is 1. The molecule has 1 aliphatic rings. The molecule has 0 saturated carbocycles. The number of nitrogens with zero attached hydrogens (tertiary/aromatic N) is 2. The Kier molecular flexibility index (Phi) is 6.06. The van der Waals surface area contributed by atoms with Gasteiger partial charge in [0.15, 0.2) is 0 Å². The van der Waals surface area contributed by atoms with E-state index in [0.29, 0.717) is 25.7 Å². The minimum absolute atomic E-state index is 0.0991. The molecule has 7 nitrogen and oxygen atoms in total. The first-order valence-electron chi connectivity index (χ1n) is 7.84. The fraction of sp³-hybridized carbons (Fsp3) is 0.562. The molecule has 0 radical (unpaired) electrons. The highest BCUT2D eigenvalue weighted by Gasteiger charge is 2.25. The van der Waals surface area contributed by atoms with Crippen molar-refractivity contribution < 1.29 is 14.5 Å². The summed E-state index contributed by atoms with van der Waals surface area (Å²) in [6, 6.07) is 6.19. The van der Waals surface area contributed by atoms with Crippen LogP contribution in [0.4, 0.5) is 5.69 Å². The van der Waals surface area contributed by atoms with Gasteiger partial charge in [-0.2, -0.15) is 0 Å². The van der Waals surface area contributed by atoms with Gasteiger partial charge in [-0.15, -0.1) is 0 Å². The topological polar surface area (TPSA) is 84.7 Å². The Balaban J connectivity index is 2.03. The Morgan fingerprint density at radius 2 is 2.00 bits per heavy atom. The van der Waals surface area contributed by atoms with Gasteiger partial charge in [0.25, 0.3) is 11.6 Å². The van der Waals surface area contributed by atoms with Gasteiger partial charge >= 0.3 is 0 Å². The van der Waals surface area contributed by atoms with E-state index in [4.69, 9.17) is 4.74 Å². The molecule has 1 aromatic carbocycles. The van der Waals surface area contributed by atoms with Crippen molar-refractivity contribution in [1.82, 2.24) is 10.2 Å². The molecule has 0 spiro atoms. The molecule has 23 heavy (non-hydrogen) atoms. The molecule has 1 aliphatic heterocycles. The van der Waals surface area contributed by atoms with Crippen molar-refractivity contribution in [3.63, 3.8) is 0 Å². The second-order valence-electron chi connectivity index (χ2n) is 5.94. The lowest BCUT2D eigenvalue weighted by Gasteiger charge is -2.36. The Labute approximate surface area is 135 Å². The number of carbonyl (C=O) groups is 1. The number of nitro groups is 1. The Morgan fingerprint density at radius 3 is 2.61 bits per heavy atom. The number of morpholine rings is 1. The molecule has 0 aromatic heterocycles. The minimum atomic E-state index is -0.531. The van der Waals surface area contributed by atoms with Crippen molar-refractivity contribution in [1.29, 1.82) is 0 Å². The van der Waals surface area contributed by atoms with Gasteiger partial charge in [-0.05, 0) is 12.0 Å². The van der Waals surface area contributed by atoms with Gasteiger partial charge in [0.2, 0.25) is 0 Å². The second-order valence-corrected chi connectivity index (χ2v) is 5.94. The maximum Gasteiger partial charge on any atom is 0.282 e. The number of hydrogen-bond donors (Lipinski definition) is 1. The Bertz CT molecular complexity index is 556. The quantitative estimate of drug-likeness (QED) is 0.636. The number of nitro benzene ring substituents is 1. The zero-order chi connectivity index (χ0) is 16.8. The van der Waals surface area contributed by atoms with E-state index in [2.05, 4.69) is 24.1 Å². The third-order valence-corrected chi connectivity index (χ3v) is 4.10. The fourth-order valence-corrected chi connectivity index (χ4v) is 2.81. The number of rotatable bonds is 6. The number of hydrogen-bond acceptors (Lipinski definition) is 5. The normalized spacial score (nSPS) is 17.0. The highest BCUT2D eigenvalue weighted by atomic mass is 16.6. The first-order valence-corrected chi connectivity index (χ1v) is 7.84. The van der Waals surface area contributed by atoms with Crippen molar-refractivity contribution in [2.24, 2.45) is 5.92 Å². The minimum Gasteiger partial charge on any atom is -0.379 e. The van der Waals surface area contributed by atoms with Crippen LogP contribution in [0.15, 0.2) is 24.3 Å². The molecule has 1 heterocycles. The number of ether oxygens (including phenoxy) is 1. The molecular formula is C16H23N3O4. The van der Waals surface area contributed by atoms with Crippen LogP contribution in [0.3, 0.4) is 0 Å². The predicted octanol–water partition coefficient (Wildman–Crippen LogP) is 1.68. The molecule has 1 amide bonds. The summed E-state index contributed by atoms with van der Waals surface area (Å²) < 4.78 is 5.36. The average Bonchev–Trinajstić information content (AvgIpc) is 2.55. The van der Waals surface area contributed by atoms with Gasteiger partial charge < -0.3 is 10.1 Å². The van der Waals surface area contributed by atoms with Gasteiger partial charge in [0.1, 0.15) is 5.56 Å². The molecule has 1 N–H and O–H groups in total. The average molecular weight is 321 g/mol. The largest absolute Gasteiger partial charge is 0.379 e. The van der Waals surface area contributed by atoms with Crippen molar-refractivity contribution in [2.45, 2.75) is 19.9 Å². The summed E-state index contributed by atoms with van der Waals surface area (Å²) in [5.41, 5.74) is -0.0700. The molecule has 7 heteroatoms. The van der Waals surface area contributed by atoms with Gasteiger partial charge in [-0.3, -0.25) is 19.8 Å². The monoisotopic (exact) mass is 321 g/mol. The molecule has 1 atom stereocenters. The van der Waals surface area contributed by atoms with Crippen molar-refractivity contribution in [3.05, 3.63) is 39.9 Å².